The fraction of sp³-hybridized carbons (Fsp3) is 0.458. The van der Waals surface area contributed by atoms with Crippen molar-refractivity contribution in [2.75, 3.05) is 17.6 Å². The van der Waals surface area contributed by atoms with Crippen LogP contribution in [0.1, 0.15) is 55.5 Å². The number of aromatic nitrogens is 2. The molecule has 1 aromatic carbocycles. The molecule has 3 rings (SSSR count). The third-order valence-electron chi connectivity index (χ3n) is 5.78. The van der Waals surface area contributed by atoms with E-state index in [4.69, 9.17) is 15.6 Å². The van der Waals surface area contributed by atoms with E-state index in [0.717, 1.165) is 18.4 Å². The number of esters is 1. The van der Waals surface area contributed by atoms with Gasteiger partial charge in [0.2, 0.25) is 5.95 Å². The van der Waals surface area contributed by atoms with Crippen LogP contribution >= 0.6 is 11.8 Å². The minimum Gasteiger partial charge on any atom is -0.481 e. The minimum absolute atomic E-state index is 0.0599. The van der Waals surface area contributed by atoms with Gasteiger partial charge in [-0.3, -0.25) is 19.4 Å². The number of hydrogen-bond donors (Lipinski definition) is 5. The number of anilines is 2. The lowest BCUT2D eigenvalue weighted by molar-refractivity contribution is -0.151. The molecule has 11 nitrogen and oxygen atoms in total. The van der Waals surface area contributed by atoms with Crippen molar-refractivity contribution in [3.63, 3.8) is 0 Å². The quantitative estimate of drug-likeness (QED) is 0.278. The van der Waals surface area contributed by atoms with Gasteiger partial charge in [-0.25, -0.2) is 4.79 Å². The molecule has 3 unspecified atom stereocenters. The van der Waals surface area contributed by atoms with Gasteiger partial charge in [-0.1, -0.05) is 19.1 Å². The molecule has 1 aliphatic heterocycles. The van der Waals surface area contributed by atoms with Crippen molar-refractivity contribution in [2.24, 2.45) is 0 Å². The van der Waals surface area contributed by atoms with Crippen LogP contribution in [-0.2, 0) is 20.7 Å². The van der Waals surface area contributed by atoms with Crippen molar-refractivity contribution in [1.29, 1.82) is 0 Å². The van der Waals surface area contributed by atoms with E-state index in [2.05, 4.69) is 20.6 Å². The van der Waals surface area contributed by atoms with Crippen molar-refractivity contribution < 1.29 is 24.2 Å². The average molecular weight is 518 g/mol. The van der Waals surface area contributed by atoms with Gasteiger partial charge in [0.05, 0.1) is 6.10 Å². The molecule has 0 spiro atoms. The summed E-state index contributed by atoms with van der Waals surface area (Å²) in [4.78, 5) is 55.4. The Morgan fingerprint density at radius 3 is 2.69 bits per heavy atom. The van der Waals surface area contributed by atoms with Crippen LogP contribution in [0.4, 0.5) is 11.8 Å². The Kier molecular flexibility index (Phi) is 9.34. The van der Waals surface area contributed by atoms with E-state index >= 15 is 0 Å². The first-order chi connectivity index (χ1) is 17.2. The van der Waals surface area contributed by atoms with Gasteiger partial charge < -0.3 is 26.2 Å². The van der Waals surface area contributed by atoms with Crippen LogP contribution in [0.2, 0.25) is 0 Å². The van der Waals surface area contributed by atoms with Crippen LogP contribution < -0.4 is 21.9 Å². The monoisotopic (exact) mass is 517 g/mol. The number of nitrogens with one attached hydrogen (secondary N) is 3. The van der Waals surface area contributed by atoms with Crippen molar-refractivity contribution >= 4 is 41.4 Å². The highest BCUT2D eigenvalue weighted by Gasteiger charge is 2.26. The van der Waals surface area contributed by atoms with Gasteiger partial charge in [0.25, 0.3) is 11.5 Å². The fourth-order valence-electron chi connectivity index (χ4n) is 3.56. The summed E-state index contributed by atoms with van der Waals surface area (Å²) in [5.41, 5.74) is 6.70. The highest BCUT2D eigenvalue weighted by molar-refractivity contribution is 8.00. The molecule has 194 valence electrons. The van der Waals surface area contributed by atoms with E-state index in [9.17, 15) is 19.2 Å². The van der Waals surface area contributed by atoms with Crippen LogP contribution in [0.5, 0.6) is 0 Å². The van der Waals surface area contributed by atoms with Crippen LogP contribution in [0, 0.1) is 0 Å². The molecule has 2 heterocycles. The minimum atomic E-state index is -1.06. The number of aliphatic carboxylic acids is 1. The number of H-pyrrole nitrogens is 1. The van der Waals surface area contributed by atoms with E-state index in [1.165, 1.54) is 11.8 Å². The number of fused-ring (bicyclic) bond motifs is 1. The standard InChI is InChI=1S/C24H31N5O6S/c1-3-13(2)35-23(34)17(10-11-18(30)31)27-21(32)15-7-4-14(5-8-15)6-9-16-12-26-20-19(36-16)22(33)29-24(25)28-20/h4-5,7-8,13,16-17H,3,6,9-12H2,1-2H3,(H,27,32)(H,30,31)(H4,25,26,28,29,33). The molecule has 0 saturated heterocycles. The maximum Gasteiger partial charge on any atom is 0.328 e. The Hall–Kier alpha value is -3.54. The smallest absolute Gasteiger partial charge is 0.328 e. The lowest BCUT2D eigenvalue weighted by Crippen LogP contribution is -2.43. The molecular weight excluding hydrogens is 486 g/mol. The third kappa shape index (κ3) is 7.48. The zero-order valence-electron chi connectivity index (χ0n) is 20.2. The van der Waals surface area contributed by atoms with Gasteiger partial charge in [0, 0.05) is 23.8 Å². The second-order valence-electron chi connectivity index (χ2n) is 8.60. The average Bonchev–Trinajstić information content (AvgIpc) is 2.85. The molecule has 0 aliphatic carbocycles. The summed E-state index contributed by atoms with van der Waals surface area (Å²) >= 11 is 1.47. The molecule has 1 aromatic heterocycles. The number of thioether (sulfide) groups is 1. The SMILES string of the molecule is CCC(C)OC(=O)C(CCC(=O)O)NC(=O)c1ccc(CCC2CNc3nc(N)[nH]c(=O)c3S2)cc1. The maximum absolute atomic E-state index is 12.7. The van der Waals surface area contributed by atoms with Crippen LogP contribution in [0.25, 0.3) is 0 Å². The number of nitrogens with zero attached hydrogens (tertiary/aromatic N) is 1. The molecule has 2 aromatic rings. The van der Waals surface area contributed by atoms with E-state index in [-0.39, 0.29) is 35.7 Å². The number of hydrogen-bond acceptors (Lipinski definition) is 9. The molecule has 36 heavy (non-hydrogen) atoms. The Morgan fingerprint density at radius 2 is 2.03 bits per heavy atom. The first-order valence-corrected chi connectivity index (χ1v) is 12.7. The molecule has 6 N–H and O–H groups in total. The van der Waals surface area contributed by atoms with Crippen LogP contribution in [-0.4, -0.2) is 56.9 Å². The second-order valence-corrected chi connectivity index (χ2v) is 9.91. The van der Waals surface area contributed by atoms with Crippen molar-refractivity contribution in [3.05, 3.63) is 45.7 Å². The summed E-state index contributed by atoms with van der Waals surface area (Å²) in [6, 6.07) is 5.95. The van der Waals surface area contributed by atoms with Crippen molar-refractivity contribution in [2.45, 2.75) is 68.2 Å². The first kappa shape index (κ1) is 27.1. The van der Waals surface area contributed by atoms with Gasteiger partial charge >= 0.3 is 11.9 Å². The zero-order chi connectivity index (χ0) is 26.2. The van der Waals surface area contributed by atoms with Gasteiger partial charge in [-0.15, -0.1) is 11.8 Å². The summed E-state index contributed by atoms with van der Waals surface area (Å²) in [5.74, 6) is -1.60. The topological polar surface area (TPSA) is 176 Å². The lowest BCUT2D eigenvalue weighted by Gasteiger charge is -2.24. The molecule has 1 aliphatic rings. The number of nitrogens with two attached hydrogens (primary N) is 1. The highest BCUT2D eigenvalue weighted by Crippen LogP contribution is 2.33. The molecule has 0 fully saturated rings. The van der Waals surface area contributed by atoms with E-state index in [0.29, 0.717) is 29.2 Å². The molecule has 1 amide bonds. The van der Waals surface area contributed by atoms with Crippen molar-refractivity contribution in [3.8, 4) is 0 Å². The highest BCUT2D eigenvalue weighted by atomic mass is 32.2. The third-order valence-corrected chi connectivity index (χ3v) is 7.13. The largest absolute Gasteiger partial charge is 0.481 e. The number of carbonyl (C=O) groups excluding carboxylic acids is 2. The molecule has 12 heteroatoms. The lowest BCUT2D eigenvalue weighted by atomic mass is 10.0. The molecule has 0 radical (unpaired) electrons. The number of amides is 1. The number of nitrogen functional groups attached to an aromatic ring is 1. The van der Waals surface area contributed by atoms with Gasteiger partial charge in [-0.05, 0) is 50.3 Å². The number of aromatic amines is 1. The normalized spacial score (nSPS) is 16.2. The second kappa shape index (κ2) is 12.4. The van der Waals surface area contributed by atoms with Crippen LogP contribution in [0.15, 0.2) is 34.0 Å². The summed E-state index contributed by atoms with van der Waals surface area (Å²) in [7, 11) is 0. The first-order valence-electron chi connectivity index (χ1n) is 11.8. The fourth-order valence-corrected chi connectivity index (χ4v) is 4.68. The predicted molar refractivity (Wildman–Crippen MR) is 136 cm³/mol. The molecule has 0 saturated carbocycles. The zero-order valence-corrected chi connectivity index (χ0v) is 21.0. The summed E-state index contributed by atoms with van der Waals surface area (Å²) in [6.45, 7) is 4.25. The van der Waals surface area contributed by atoms with Gasteiger partial charge in [0.1, 0.15) is 16.8 Å². The Morgan fingerprint density at radius 1 is 1.31 bits per heavy atom. The van der Waals surface area contributed by atoms with Crippen molar-refractivity contribution in [1.82, 2.24) is 15.3 Å². The van der Waals surface area contributed by atoms with E-state index in [1.807, 2.05) is 19.1 Å². The number of benzene rings is 1. The van der Waals surface area contributed by atoms with Crippen LogP contribution in [0.3, 0.4) is 0 Å². The van der Waals surface area contributed by atoms with E-state index in [1.54, 1.807) is 19.1 Å². The predicted octanol–water partition coefficient (Wildman–Crippen LogP) is 2.18. The van der Waals surface area contributed by atoms with Gasteiger partial charge in [0.15, 0.2) is 0 Å². The molecular formula is C24H31N5O6S. The Labute approximate surface area is 212 Å². The summed E-state index contributed by atoms with van der Waals surface area (Å²) < 4.78 is 5.29. The summed E-state index contributed by atoms with van der Waals surface area (Å²) in [5, 5.41) is 14.9. The van der Waals surface area contributed by atoms with E-state index < -0.39 is 23.9 Å². The number of carbonyl (C=O) groups is 3. The maximum atomic E-state index is 12.7. The Bertz CT molecular complexity index is 1150. The van der Waals surface area contributed by atoms with Gasteiger partial charge in [-0.2, -0.15) is 4.98 Å². The molecule has 3 atom stereocenters. The molecule has 0 bridgehead atoms. The summed E-state index contributed by atoms with van der Waals surface area (Å²) in [6.07, 6.45) is 1.48. The number of ether oxygens (including phenoxy) is 1. The number of rotatable bonds is 11. The number of carboxylic acid groups (broad SMARTS) is 1. The number of aryl methyl sites for hydroxylation is 1. The number of carboxylic acids is 1. The Balaban J connectivity index is 1.56.